The fraction of sp³-hybridized carbons (Fsp3) is 0.478. The van der Waals surface area contributed by atoms with Crippen LogP contribution in [0.15, 0.2) is 47.6 Å². The standard InChI is InChI=1S/C23H31N5O.HI/c1-3-24-23(28-11-9-20-6-4-5-7-21(20)17-28)26-15-19-8-10-25-22(14-19)27-12-13-29-18(2)16-27;/h4-8,10,14,18H,3,9,11-13,15-17H2,1-2H3,(H,24,26);1H. The van der Waals surface area contributed by atoms with Gasteiger partial charge in [-0.3, -0.25) is 0 Å². The van der Waals surface area contributed by atoms with Gasteiger partial charge < -0.3 is 19.9 Å². The van der Waals surface area contributed by atoms with Crippen molar-refractivity contribution < 1.29 is 4.74 Å². The highest BCUT2D eigenvalue weighted by Crippen LogP contribution is 2.20. The van der Waals surface area contributed by atoms with Crippen LogP contribution in [0.1, 0.15) is 30.5 Å². The number of hydrogen-bond donors (Lipinski definition) is 1. The van der Waals surface area contributed by atoms with Crippen LogP contribution in [0.3, 0.4) is 0 Å². The van der Waals surface area contributed by atoms with Gasteiger partial charge in [0.05, 0.1) is 19.3 Å². The van der Waals surface area contributed by atoms with Crippen LogP contribution in [-0.2, 0) is 24.2 Å². The maximum absolute atomic E-state index is 5.65. The van der Waals surface area contributed by atoms with E-state index in [0.717, 1.165) is 57.5 Å². The van der Waals surface area contributed by atoms with Gasteiger partial charge in [-0.15, -0.1) is 24.0 Å². The Morgan fingerprint density at radius 2 is 2.07 bits per heavy atom. The summed E-state index contributed by atoms with van der Waals surface area (Å²) in [6.07, 6.45) is 3.20. The van der Waals surface area contributed by atoms with Crippen LogP contribution < -0.4 is 10.2 Å². The average molecular weight is 521 g/mol. The molecule has 3 heterocycles. The molecule has 0 aliphatic carbocycles. The predicted molar refractivity (Wildman–Crippen MR) is 133 cm³/mol. The zero-order chi connectivity index (χ0) is 20.1. The summed E-state index contributed by atoms with van der Waals surface area (Å²) >= 11 is 0. The number of pyridine rings is 1. The van der Waals surface area contributed by atoms with Crippen molar-refractivity contribution in [1.82, 2.24) is 15.2 Å². The minimum atomic E-state index is 0. The predicted octanol–water partition coefficient (Wildman–Crippen LogP) is 3.45. The summed E-state index contributed by atoms with van der Waals surface area (Å²) in [4.78, 5) is 14.2. The third-order valence-corrected chi connectivity index (χ3v) is 5.55. The normalized spacial score (nSPS) is 19.1. The molecule has 162 valence electrons. The molecule has 1 saturated heterocycles. The molecule has 2 aliphatic rings. The molecule has 0 bridgehead atoms. The minimum absolute atomic E-state index is 0. The molecule has 0 spiro atoms. The second-order valence-corrected chi connectivity index (χ2v) is 7.76. The summed E-state index contributed by atoms with van der Waals surface area (Å²) in [7, 11) is 0. The van der Waals surface area contributed by atoms with Gasteiger partial charge in [0.1, 0.15) is 5.82 Å². The maximum Gasteiger partial charge on any atom is 0.194 e. The lowest BCUT2D eigenvalue weighted by molar-refractivity contribution is 0.0529. The van der Waals surface area contributed by atoms with Crippen molar-refractivity contribution in [2.24, 2.45) is 4.99 Å². The number of anilines is 1. The molecule has 2 aliphatic heterocycles. The first-order valence-electron chi connectivity index (χ1n) is 10.6. The molecular weight excluding hydrogens is 489 g/mol. The van der Waals surface area contributed by atoms with E-state index in [9.17, 15) is 0 Å². The van der Waals surface area contributed by atoms with Crippen LogP contribution in [0.2, 0.25) is 0 Å². The van der Waals surface area contributed by atoms with Gasteiger partial charge in [-0.25, -0.2) is 9.98 Å². The number of nitrogens with zero attached hydrogens (tertiary/aromatic N) is 4. The number of fused-ring (bicyclic) bond motifs is 1. The van der Waals surface area contributed by atoms with Gasteiger partial charge >= 0.3 is 0 Å². The van der Waals surface area contributed by atoms with E-state index < -0.39 is 0 Å². The van der Waals surface area contributed by atoms with E-state index in [-0.39, 0.29) is 30.1 Å². The highest BCUT2D eigenvalue weighted by Gasteiger charge is 2.20. The van der Waals surface area contributed by atoms with Crippen LogP contribution >= 0.6 is 24.0 Å². The second-order valence-electron chi connectivity index (χ2n) is 7.76. The van der Waals surface area contributed by atoms with E-state index in [2.05, 4.69) is 70.3 Å². The van der Waals surface area contributed by atoms with Crippen LogP contribution in [-0.4, -0.2) is 54.7 Å². The smallest absolute Gasteiger partial charge is 0.194 e. The van der Waals surface area contributed by atoms with Gasteiger partial charge in [0.15, 0.2) is 5.96 Å². The number of halogens is 1. The Morgan fingerprint density at radius 3 is 2.87 bits per heavy atom. The van der Waals surface area contributed by atoms with Crippen LogP contribution in [0.25, 0.3) is 0 Å². The molecule has 1 atom stereocenters. The van der Waals surface area contributed by atoms with Crippen molar-refractivity contribution in [3.8, 4) is 0 Å². The molecule has 1 unspecified atom stereocenters. The number of aromatic nitrogens is 1. The number of benzene rings is 1. The number of ether oxygens (including phenoxy) is 1. The molecule has 1 fully saturated rings. The Kier molecular flexibility index (Phi) is 8.32. The Bertz CT molecular complexity index is 859. The van der Waals surface area contributed by atoms with Crippen molar-refractivity contribution >= 4 is 35.8 Å². The summed E-state index contributed by atoms with van der Waals surface area (Å²) in [6.45, 7) is 10.2. The number of rotatable bonds is 4. The van der Waals surface area contributed by atoms with Crippen molar-refractivity contribution in [3.63, 3.8) is 0 Å². The van der Waals surface area contributed by atoms with Crippen molar-refractivity contribution in [2.75, 3.05) is 37.7 Å². The van der Waals surface area contributed by atoms with E-state index >= 15 is 0 Å². The zero-order valence-electron chi connectivity index (χ0n) is 17.9. The Balaban J connectivity index is 0.00000256. The topological polar surface area (TPSA) is 53.0 Å². The highest BCUT2D eigenvalue weighted by atomic mass is 127. The minimum Gasteiger partial charge on any atom is -0.375 e. The quantitative estimate of drug-likeness (QED) is 0.380. The first-order chi connectivity index (χ1) is 14.2. The molecule has 1 N–H and O–H groups in total. The third kappa shape index (κ3) is 5.63. The fourth-order valence-corrected chi connectivity index (χ4v) is 4.03. The lowest BCUT2D eigenvalue weighted by Gasteiger charge is -2.32. The monoisotopic (exact) mass is 521 g/mol. The zero-order valence-corrected chi connectivity index (χ0v) is 20.2. The Labute approximate surface area is 196 Å². The number of guanidine groups is 1. The summed E-state index contributed by atoms with van der Waals surface area (Å²) in [5.41, 5.74) is 4.04. The van der Waals surface area contributed by atoms with Gasteiger partial charge in [-0.1, -0.05) is 24.3 Å². The van der Waals surface area contributed by atoms with Gasteiger partial charge in [0.25, 0.3) is 0 Å². The first kappa shape index (κ1) is 22.8. The van der Waals surface area contributed by atoms with Crippen molar-refractivity contribution in [2.45, 2.75) is 39.5 Å². The lowest BCUT2D eigenvalue weighted by atomic mass is 10.0. The number of aliphatic imine (C=N–C) groups is 1. The van der Waals surface area contributed by atoms with Crippen LogP contribution in [0.5, 0.6) is 0 Å². The summed E-state index contributed by atoms with van der Waals surface area (Å²) in [6, 6.07) is 12.9. The van der Waals surface area contributed by atoms with E-state index in [4.69, 9.17) is 9.73 Å². The summed E-state index contributed by atoms with van der Waals surface area (Å²) in [5, 5.41) is 3.47. The summed E-state index contributed by atoms with van der Waals surface area (Å²) < 4.78 is 5.65. The van der Waals surface area contributed by atoms with Crippen molar-refractivity contribution in [1.29, 1.82) is 0 Å². The fourth-order valence-electron chi connectivity index (χ4n) is 4.03. The molecule has 0 radical (unpaired) electrons. The van der Waals surface area contributed by atoms with E-state index in [1.165, 1.54) is 16.7 Å². The SMILES string of the molecule is CCNC(=NCc1ccnc(N2CCOC(C)C2)c1)N1CCc2ccccc2C1.I. The number of hydrogen-bond acceptors (Lipinski definition) is 4. The van der Waals surface area contributed by atoms with E-state index in [1.807, 2.05) is 6.20 Å². The molecule has 0 saturated carbocycles. The molecule has 1 aromatic heterocycles. The molecule has 2 aromatic rings. The van der Waals surface area contributed by atoms with Gasteiger partial charge in [0.2, 0.25) is 0 Å². The first-order valence-corrected chi connectivity index (χ1v) is 10.6. The molecule has 7 heteroatoms. The Morgan fingerprint density at radius 1 is 1.23 bits per heavy atom. The Hall–Kier alpha value is -1.87. The second kappa shape index (κ2) is 10.9. The van der Waals surface area contributed by atoms with Gasteiger partial charge in [-0.2, -0.15) is 0 Å². The third-order valence-electron chi connectivity index (χ3n) is 5.55. The van der Waals surface area contributed by atoms with Gasteiger partial charge in [-0.05, 0) is 49.1 Å². The van der Waals surface area contributed by atoms with Crippen LogP contribution in [0.4, 0.5) is 5.82 Å². The highest BCUT2D eigenvalue weighted by molar-refractivity contribution is 14.0. The molecule has 30 heavy (non-hydrogen) atoms. The van der Waals surface area contributed by atoms with E-state index in [1.54, 1.807) is 0 Å². The molecular formula is C23H32IN5O. The average Bonchev–Trinajstić information content (AvgIpc) is 2.76. The molecule has 1 aromatic carbocycles. The molecule has 4 rings (SSSR count). The summed E-state index contributed by atoms with van der Waals surface area (Å²) in [5.74, 6) is 2.00. The lowest BCUT2D eigenvalue weighted by Crippen LogP contribution is -2.44. The van der Waals surface area contributed by atoms with Gasteiger partial charge in [0, 0.05) is 38.9 Å². The molecule has 0 amide bonds. The molecule has 6 nitrogen and oxygen atoms in total. The van der Waals surface area contributed by atoms with E-state index in [0.29, 0.717) is 6.54 Å². The van der Waals surface area contributed by atoms with Crippen LogP contribution in [0, 0.1) is 0 Å². The number of nitrogens with one attached hydrogen (secondary N) is 1. The van der Waals surface area contributed by atoms with Crippen molar-refractivity contribution in [3.05, 3.63) is 59.3 Å². The number of morpholine rings is 1. The largest absolute Gasteiger partial charge is 0.375 e. The maximum atomic E-state index is 5.65.